The molecule has 0 atom stereocenters. The van der Waals surface area contributed by atoms with E-state index in [9.17, 15) is 14.0 Å². The lowest BCUT2D eigenvalue weighted by Crippen LogP contribution is -2.09. The number of carbonyl (C=O) groups excluding carboxylic acids is 2. The van der Waals surface area contributed by atoms with Crippen LogP contribution in [0.3, 0.4) is 0 Å². The van der Waals surface area contributed by atoms with E-state index in [0.29, 0.717) is 16.9 Å². The molecule has 0 unspecified atom stereocenters. The molecule has 0 N–H and O–H groups in total. The number of para-hydroxylation sites is 1. The predicted octanol–water partition coefficient (Wildman–Crippen LogP) is 5.25. The van der Waals surface area contributed by atoms with E-state index < -0.39 is 11.8 Å². The van der Waals surface area contributed by atoms with E-state index >= 15 is 0 Å². The lowest BCUT2D eigenvalue weighted by atomic mass is 10.1. The molecule has 0 heterocycles. The van der Waals surface area contributed by atoms with Gasteiger partial charge in [0.1, 0.15) is 11.6 Å². The minimum Gasteiger partial charge on any atom is -0.422 e. The molecule has 0 aromatic heterocycles. The van der Waals surface area contributed by atoms with Crippen LogP contribution in [0, 0.1) is 12.7 Å². The molecule has 27 heavy (non-hydrogen) atoms. The Kier molecular flexibility index (Phi) is 5.57. The number of rotatable bonds is 5. The van der Waals surface area contributed by atoms with Crippen LogP contribution in [-0.2, 0) is 0 Å². The fourth-order valence-electron chi connectivity index (χ4n) is 2.44. The molecular formula is C23H17FO3. The molecule has 0 saturated carbocycles. The van der Waals surface area contributed by atoms with Crippen LogP contribution >= 0.6 is 0 Å². The van der Waals surface area contributed by atoms with Gasteiger partial charge in [-0.25, -0.2) is 9.18 Å². The van der Waals surface area contributed by atoms with Gasteiger partial charge in [-0.15, -0.1) is 0 Å². The van der Waals surface area contributed by atoms with Crippen molar-refractivity contribution < 1.29 is 18.7 Å². The molecule has 0 radical (unpaired) electrons. The van der Waals surface area contributed by atoms with Gasteiger partial charge in [-0.3, -0.25) is 4.79 Å². The Balaban J connectivity index is 1.77. The molecule has 0 aliphatic carbocycles. The molecule has 3 aromatic carbocycles. The van der Waals surface area contributed by atoms with Crippen molar-refractivity contribution in [3.63, 3.8) is 0 Å². The van der Waals surface area contributed by atoms with Gasteiger partial charge < -0.3 is 4.74 Å². The van der Waals surface area contributed by atoms with Crippen LogP contribution in [0.25, 0.3) is 6.08 Å². The molecule has 0 aliphatic heterocycles. The molecule has 4 heteroatoms. The summed E-state index contributed by atoms with van der Waals surface area (Å²) in [4.78, 5) is 24.5. The summed E-state index contributed by atoms with van der Waals surface area (Å²) in [5, 5.41) is 0. The number of allylic oxidation sites excluding steroid dienone is 1. The molecule has 0 bridgehead atoms. The summed E-state index contributed by atoms with van der Waals surface area (Å²) in [7, 11) is 0. The third-order valence-electron chi connectivity index (χ3n) is 3.95. The van der Waals surface area contributed by atoms with Gasteiger partial charge >= 0.3 is 5.97 Å². The van der Waals surface area contributed by atoms with Crippen LogP contribution < -0.4 is 4.74 Å². The SMILES string of the molecule is Cc1ccc(C(=O)/C=C/c2ccccc2OC(=O)c2ccc(F)cc2)cc1. The Bertz CT molecular complexity index is 987. The number of hydrogen-bond donors (Lipinski definition) is 0. The Morgan fingerprint density at radius 3 is 2.19 bits per heavy atom. The summed E-state index contributed by atoms with van der Waals surface area (Å²) < 4.78 is 18.4. The number of carbonyl (C=O) groups is 2. The number of benzene rings is 3. The smallest absolute Gasteiger partial charge is 0.343 e. The van der Waals surface area contributed by atoms with E-state index in [4.69, 9.17) is 4.74 Å². The summed E-state index contributed by atoms with van der Waals surface area (Å²) in [6.45, 7) is 1.95. The molecule has 0 saturated heterocycles. The van der Waals surface area contributed by atoms with Crippen LogP contribution in [-0.4, -0.2) is 11.8 Å². The van der Waals surface area contributed by atoms with Gasteiger partial charge in [0.25, 0.3) is 0 Å². The summed E-state index contributed by atoms with van der Waals surface area (Å²) in [6.07, 6.45) is 3.05. The first-order valence-corrected chi connectivity index (χ1v) is 8.39. The summed E-state index contributed by atoms with van der Waals surface area (Å²) >= 11 is 0. The lowest BCUT2D eigenvalue weighted by molar-refractivity contribution is 0.0734. The first-order chi connectivity index (χ1) is 13.0. The molecular weight excluding hydrogens is 343 g/mol. The predicted molar refractivity (Wildman–Crippen MR) is 102 cm³/mol. The highest BCUT2D eigenvalue weighted by molar-refractivity contribution is 6.07. The van der Waals surface area contributed by atoms with Crippen LogP contribution in [0.2, 0.25) is 0 Å². The maximum atomic E-state index is 13.0. The molecule has 0 amide bonds. The number of ether oxygens (including phenoxy) is 1. The van der Waals surface area contributed by atoms with Crippen molar-refractivity contribution in [2.24, 2.45) is 0 Å². The van der Waals surface area contributed by atoms with Gasteiger partial charge in [0, 0.05) is 11.1 Å². The summed E-state index contributed by atoms with van der Waals surface area (Å²) in [6, 6.07) is 19.3. The second-order valence-electron chi connectivity index (χ2n) is 6.00. The van der Waals surface area contributed by atoms with Gasteiger partial charge in [-0.05, 0) is 49.4 Å². The van der Waals surface area contributed by atoms with Crippen LogP contribution in [0.5, 0.6) is 5.75 Å². The van der Waals surface area contributed by atoms with E-state index in [1.807, 2.05) is 19.1 Å². The molecule has 0 fully saturated rings. The third-order valence-corrected chi connectivity index (χ3v) is 3.95. The summed E-state index contributed by atoms with van der Waals surface area (Å²) in [5.41, 5.74) is 2.49. The van der Waals surface area contributed by atoms with E-state index in [1.165, 1.54) is 30.3 Å². The average Bonchev–Trinajstić information content (AvgIpc) is 2.68. The molecule has 0 aliphatic rings. The van der Waals surface area contributed by atoms with Gasteiger partial charge in [0.2, 0.25) is 0 Å². The van der Waals surface area contributed by atoms with E-state index in [-0.39, 0.29) is 11.3 Å². The number of ketones is 1. The molecule has 3 rings (SSSR count). The van der Waals surface area contributed by atoms with Crippen molar-refractivity contribution >= 4 is 17.8 Å². The minimum atomic E-state index is -0.597. The largest absolute Gasteiger partial charge is 0.422 e. The second-order valence-corrected chi connectivity index (χ2v) is 6.00. The maximum Gasteiger partial charge on any atom is 0.343 e. The molecule has 0 spiro atoms. The Morgan fingerprint density at radius 2 is 1.48 bits per heavy atom. The van der Waals surface area contributed by atoms with Crippen LogP contribution in [0.4, 0.5) is 4.39 Å². The number of halogens is 1. The zero-order valence-electron chi connectivity index (χ0n) is 14.7. The average molecular weight is 360 g/mol. The lowest BCUT2D eigenvalue weighted by Gasteiger charge is -2.07. The van der Waals surface area contributed by atoms with Crippen LogP contribution in [0.1, 0.15) is 31.8 Å². The van der Waals surface area contributed by atoms with E-state index in [1.54, 1.807) is 42.5 Å². The number of hydrogen-bond acceptors (Lipinski definition) is 3. The number of esters is 1. The second kappa shape index (κ2) is 8.23. The highest BCUT2D eigenvalue weighted by atomic mass is 19.1. The van der Waals surface area contributed by atoms with Crippen molar-refractivity contribution in [3.8, 4) is 5.75 Å². The molecule has 134 valence electrons. The summed E-state index contributed by atoms with van der Waals surface area (Å²) in [5.74, 6) is -0.848. The molecule has 3 nitrogen and oxygen atoms in total. The first kappa shape index (κ1) is 18.3. The highest BCUT2D eigenvalue weighted by Crippen LogP contribution is 2.21. The standard InChI is InChI=1S/C23H17FO3/c1-16-6-8-17(9-7-16)21(25)15-12-18-4-2-3-5-22(18)27-23(26)19-10-13-20(24)14-11-19/h2-15H,1H3/b15-12+. The maximum absolute atomic E-state index is 13.0. The van der Waals surface area contributed by atoms with Crippen molar-refractivity contribution in [3.05, 3.63) is 107 Å². The van der Waals surface area contributed by atoms with Gasteiger partial charge in [0.05, 0.1) is 5.56 Å². The monoisotopic (exact) mass is 360 g/mol. The highest BCUT2D eigenvalue weighted by Gasteiger charge is 2.11. The van der Waals surface area contributed by atoms with Gasteiger partial charge in [-0.1, -0.05) is 48.0 Å². The third kappa shape index (κ3) is 4.76. The topological polar surface area (TPSA) is 43.4 Å². The van der Waals surface area contributed by atoms with Crippen molar-refractivity contribution in [2.75, 3.05) is 0 Å². The quantitative estimate of drug-likeness (QED) is 0.270. The molecule has 3 aromatic rings. The zero-order valence-corrected chi connectivity index (χ0v) is 14.7. The van der Waals surface area contributed by atoms with Crippen molar-refractivity contribution in [1.29, 1.82) is 0 Å². The minimum absolute atomic E-state index is 0.144. The fraction of sp³-hybridized carbons (Fsp3) is 0.0435. The number of aryl methyl sites for hydroxylation is 1. The van der Waals surface area contributed by atoms with Gasteiger partial charge in [-0.2, -0.15) is 0 Å². The van der Waals surface area contributed by atoms with E-state index in [0.717, 1.165) is 5.56 Å². The van der Waals surface area contributed by atoms with Crippen molar-refractivity contribution in [1.82, 2.24) is 0 Å². The Hall–Kier alpha value is -3.53. The van der Waals surface area contributed by atoms with E-state index in [2.05, 4.69) is 0 Å². The zero-order chi connectivity index (χ0) is 19.2. The van der Waals surface area contributed by atoms with Gasteiger partial charge in [0.15, 0.2) is 5.78 Å². The normalized spacial score (nSPS) is 10.7. The van der Waals surface area contributed by atoms with Crippen LogP contribution in [0.15, 0.2) is 78.9 Å². The Morgan fingerprint density at radius 1 is 0.852 bits per heavy atom. The fourth-order valence-corrected chi connectivity index (χ4v) is 2.44. The Labute approximate surface area is 156 Å². The van der Waals surface area contributed by atoms with Crippen molar-refractivity contribution in [2.45, 2.75) is 6.92 Å². The first-order valence-electron chi connectivity index (χ1n) is 8.39.